The van der Waals surface area contributed by atoms with E-state index in [9.17, 15) is 24.5 Å². The van der Waals surface area contributed by atoms with Crippen molar-refractivity contribution in [2.45, 2.75) is 53.4 Å². The zero-order valence-electron chi connectivity index (χ0n) is 27.7. The van der Waals surface area contributed by atoms with Gasteiger partial charge in [-0.05, 0) is 37.0 Å². The normalized spacial score (nSPS) is 10.8. The average molecular weight is 670 g/mol. The molecule has 4 aromatic rings. The monoisotopic (exact) mass is 669 g/mol. The van der Waals surface area contributed by atoms with Gasteiger partial charge in [-0.25, -0.2) is 9.78 Å². The first-order chi connectivity index (χ1) is 23.4. The van der Waals surface area contributed by atoms with Crippen LogP contribution in [0.2, 0.25) is 0 Å². The second kappa shape index (κ2) is 16.7. The number of nitro benzene ring substituents is 1. The van der Waals surface area contributed by atoms with Gasteiger partial charge in [-0.3, -0.25) is 35.0 Å². The molecule has 1 heterocycles. The number of amidine groups is 1. The molecule has 14 heteroatoms. The van der Waals surface area contributed by atoms with Crippen LogP contribution in [0.15, 0.2) is 83.8 Å². The largest absolute Gasteiger partial charge is 0.493 e. The van der Waals surface area contributed by atoms with E-state index in [-0.39, 0.29) is 59.5 Å². The molecule has 14 nitrogen and oxygen atoms in total. The van der Waals surface area contributed by atoms with E-state index in [4.69, 9.17) is 14.9 Å². The fraction of sp³-hybridized carbons (Fsp3) is 0.286. The van der Waals surface area contributed by atoms with Gasteiger partial charge >= 0.3 is 6.09 Å². The highest BCUT2D eigenvalue weighted by Crippen LogP contribution is 2.30. The number of amides is 2. The van der Waals surface area contributed by atoms with Gasteiger partial charge in [0.1, 0.15) is 24.7 Å². The number of carbonyl (C=O) groups is 2. The summed E-state index contributed by atoms with van der Waals surface area (Å²) in [6.45, 7) is 7.68. The summed E-state index contributed by atoms with van der Waals surface area (Å²) in [5, 5.41) is 28.1. The summed E-state index contributed by atoms with van der Waals surface area (Å²) in [4.78, 5) is 54.3. The number of alkyl carbamates (subject to hydrolysis) is 1. The minimum atomic E-state index is -0.757. The minimum absolute atomic E-state index is 0.0313. The van der Waals surface area contributed by atoms with Crippen molar-refractivity contribution in [2.24, 2.45) is 5.92 Å². The van der Waals surface area contributed by atoms with E-state index in [1.807, 2.05) is 58.0 Å². The van der Waals surface area contributed by atoms with Crippen LogP contribution in [0.1, 0.15) is 44.4 Å². The molecule has 0 fully saturated rings. The molecule has 4 rings (SSSR count). The van der Waals surface area contributed by atoms with Gasteiger partial charge in [0.25, 0.3) is 11.2 Å². The van der Waals surface area contributed by atoms with Crippen LogP contribution in [-0.2, 0) is 29.2 Å². The molecule has 0 saturated carbocycles. The molecule has 0 bridgehead atoms. The van der Waals surface area contributed by atoms with Crippen molar-refractivity contribution >= 4 is 29.3 Å². The maximum Gasteiger partial charge on any atom is 0.413 e. The second-order valence-corrected chi connectivity index (χ2v) is 11.9. The van der Waals surface area contributed by atoms with E-state index in [0.717, 1.165) is 5.56 Å². The highest BCUT2D eigenvalue weighted by Gasteiger charge is 2.19. The Morgan fingerprint density at radius 3 is 2.37 bits per heavy atom. The predicted molar refractivity (Wildman–Crippen MR) is 185 cm³/mol. The van der Waals surface area contributed by atoms with E-state index in [0.29, 0.717) is 17.7 Å². The van der Waals surface area contributed by atoms with Crippen LogP contribution in [0.5, 0.6) is 5.75 Å². The van der Waals surface area contributed by atoms with Crippen molar-refractivity contribution in [3.63, 3.8) is 0 Å². The van der Waals surface area contributed by atoms with Gasteiger partial charge in [0.15, 0.2) is 5.82 Å². The van der Waals surface area contributed by atoms with Gasteiger partial charge < -0.3 is 20.1 Å². The molecular formula is C35H39N7O7. The van der Waals surface area contributed by atoms with E-state index in [1.54, 1.807) is 30.3 Å². The van der Waals surface area contributed by atoms with E-state index < -0.39 is 29.0 Å². The van der Waals surface area contributed by atoms with Gasteiger partial charge in [0.05, 0.1) is 29.5 Å². The third-order valence-electron chi connectivity index (χ3n) is 6.93. The van der Waals surface area contributed by atoms with E-state index in [2.05, 4.69) is 20.9 Å². The number of nitrogens with one attached hydrogen (secondary N) is 4. The Labute approximate surface area is 283 Å². The molecule has 1 aromatic heterocycles. The van der Waals surface area contributed by atoms with Crippen LogP contribution >= 0.6 is 0 Å². The predicted octanol–water partition coefficient (Wildman–Crippen LogP) is 5.24. The maximum atomic E-state index is 13.6. The van der Waals surface area contributed by atoms with Crippen molar-refractivity contribution in [1.82, 2.24) is 20.2 Å². The van der Waals surface area contributed by atoms with Gasteiger partial charge in [-0.1, -0.05) is 68.4 Å². The van der Waals surface area contributed by atoms with Crippen molar-refractivity contribution in [3.05, 3.63) is 116 Å². The lowest BCUT2D eigenvalue weighted by molar-refractivity contribution is -0.384. The molecule has 0 radical (unpaired) electrons. The average Bonchev–Trinajstić information content (AvgIpc) is 3.07. The SMILES string of the molecule is CC(C)COc1cc(-c2cnc(NC(C)C)c(=O)n2CC(=O)NCc2ccc(C(=N)NC(=O)OCc3ccccc3)cc2)cc([N+](=O)[O-])c1. The number of hydrogen-bond donors (Lipinski definition) is 4. The quantitative estimate of drug-likeness (QED) is 0.0602. The van der Waals surface area contributed by atoms with Crippen molar-refractivity contribution < 1.29 is 24.0 Å². The fourth-order valence-electron chi connectivity index (χ4n) is 4.55. The molecule has 0 aliphatic rings. The Morgan fingerprint density at radius 1 is 1.00 bits per heavy atom. The molecule has 2 amide bonds. The van der Waals surface area contributed by atoms with Crippen LogP contribution in [0.3, 0.4) is 0 Å². The maximum absolute atomic E-state index is 13.6. The molecule has 0 aliphatic carbocycles. The van der Waals surface area contributed by atoms with E-state index in [1.165, 1.54) is 22.9 Å². The molecule has 0 unspecified atom stereocenters. The Hall–Kier alpha value is -6.05. The number of carbonyl (C=O) groups excluding carboxylic acids is 2. The summed E-state index contributed by atoms with van der Waals surface area (Å²) in [5.41, 5.74) is 1.63. The first-order valence-corrected chi connectivity index (χ1v) is 15.6. The van der Waals surface area contributed by atoms with Crippen molar-refractivity contribution in [2.75, 3.05) is 11.9 Å². The number of anilines is 1. The Morgan fingerprint density at radius 2 is 1.71 bits per heavy atom. The Bertz CT molecular complexity index is 1860. The first kappa shape index (κ1) is 35.8. The first-order valence-electron chi connectivity index (χ1n) is 15.6. The number of ether oxygens (including phenoxy) is 2. The lowest BCUT2D eigenvalue weighted by Gasteiger charge is -2.17. The summed E-state index contributed by atoms with van der Waals surface area (Å²) < 4.78 is 12.1. The standard InChI is InChI=1S/C35H39N7O7/c1-22(2)20-48-29-15-27(14-28(16-29)42(46)47)30-18-38-33(39-23(3)4)34(44)41(30)19-31(43)37-17-24-10-12-26(13-11-24)32(36)40-35(45)49-21-25-8-6-5-7-9-25/h5-16,18,22-23H,17,19-21H2,1-4H3,(H,37,43)(H,38,39)(H2,36,40,45). The van der Waals surface area contributed by atoms with Gasteiger partial charge in [-0.15, -0.1) is 0 Å². The summed E-state index contributed by atoms with van der Waals surface area (Å²) in [5.74, 6) is -0.193. The van der Waals surface area contributed by atoms with Gasteiger partial charge in [0.2, 0.25) is 5.91 Å². The summed E-state index contributed by atoms with van der Waals surface area (Å²) >= 11 is 0. The number of nitrogens with zero attached hydrogens (tertiary/aromatic N) is 3. The van der Waals surface area contributed by atoms with Crippen LogP contribution in [-0.4, -0.2) is 45.0 Å². The number of non-ortho nitro benzene ring substituents is 1. The molecule has 3 aromatic carbocycles. The van der Waals surface area contributed by atoms with Gasteiger partial charge in [0, 0.05) is 29.8 Å². The fourth-order valence-corrected chi connectivity index (χ4v) is 4.55. The zero-order chi connectivity index (χ0) is 35.5. The molecule has 49 heavy (non-hydrogen) atoms. The molecule has 0 saturated heterocycles. The third kappa shape index (κ3) is 10.5. The van der Waals surface area contributed by atoms with E-state index >= 15 is 0 Å². The number of benzene rings is 3. The lowest BCUT2D eigenvalue weighted by atomic mass is 10.1. The summed E-state index contributed by atoms with van der Waals surface area (Å²) in [6.07, 6.45) is 0.635. The topological polar surface area (TPSA) is 191 Å². The smallest absolute Gasteiger partial charge is 0.413 e. The highest BCUT2D eigenvalue weighted by molar-refractivity contribution is 6.04. The van der Waals surface area contributed by atoms with Crippen LogP contribution < -0.4 is 26.2 Å². The molecule has 0 aliphatic heterocycles. The molecule has 4 N–H and O–H groups in total. The Kier molecular flexibility index (Phi) is 12.2. The second-order valence-electron chi connectivity index (χ2n) is 11.9. The minimum Gasteiger partial charge on any atom is -0.493 e. The van der Waals surface area contributed by atoms with Crippen molar-refractivity contribution in [1.29, 1.82) is 5.41 Å². The third-order valence-corrected chi connectivity index (χ3v) is 6.93. The highest BCUT2D eigenvalue weighted by atomic mass is 16.6. The van der Waals surface area contributed by atoms with Crippen LogP contribution in [0.4, 0.5) is 16.3 Å². The van der Waals surface area contributed by atoms with Gasteiger partial charge in [-0.2, -0.15) is 0 Å². The molecule has 0 spiro atoms. The molecule has 256 valence electrons. The number of aromatic nitrogens is 2. The van der Waals surface area contributed by atoms with Crippen LogP contribution in [0, 0.1) is 21.4 Å². The molecule has 0 atom stereocenters. The van der Waals surface area contributed by atoms with Crippen LogP contribution in [0.25, 0.3) is 11.3 Å². The summed E-state index contributed by atoms with van der Waals surface area (Å²) in [6, 6.07) is 19.9. The molecular weight excluding hydrogens is 630 g/mol. The lowest BCUT2D eigenvalue weighted by Crippen LogP contribution is -2.35. The number of rotatable bonds is 14. The Balaban J connectivity index is 1.46. The zero-order valence-corrected chi connectivity index (χ0v) is 27.7. The van der Waals surface area contributed by atoms with Crippen molar-refractivity contribution in [3.8, 4) is 17.0 Å². The summed E-state index contributed by atoms with van der Waals surface area (Å²) in [7, 11) is 0. The number of hydrogen-bond acceptors (Lipinski definition) is 10. The number of nitro groups is 1.